The van der Waals surface area contributed by atoms with E-state index in [-0.39, 0.29) is 6.10 Å². The minimum absolute atomic E-state index is 0.160. The number of nitrogens with zero attached hydrogens (tertiary/aromatic N) is 2. The SMILES string of the molecule is COc1nc(Nc2ccc(OC(C)C)cc2)ncc1Br. The number of benzene rings is 1. The van der Waals surface area contributed by atoms with Crippen molar-refractivity contribution in [2.24, 2.45) is 0 Å². The van der Waals surface area contributed by atoms with E-state index >= 15 is 0 Å². The molecule has 2 rings (SSSR count). The van der Waals surface area contributed by atoms with Crippen molar-refractivity contribution in [3.8, 4) is 11.6 Å². The number of rotatable bonds is 5. The van der Waals surface area contributed by atoms with Crippen LogP contribution in [-0.2, 0) is 0 Å². The molecule has 2 aromatic rings. The van der Waals surface area contributed by atoms with E-state index in [9.17, 15) is 0 Å². The maximum Gasteiger partial charge on any atom is 0.232 e. The molecule has 5 nitrogen and oxygen atoms in total. The molecule has 1 aromatic heterocycles. The van der Waals surface area contributed by atoms with Crippen LogP contribution >= 0.6 is 15.9 Å². The number of hydrogen-bond donors (Lipinski definition) is 1. The monoisotopic (exact) mass is 337 g/mol. The first-order valence-electron chi connectivity index (χ1n) is 6.18. The zero-order chi connectivity index (χ0) is 14.5. The lowest BCUT2D eigenvalue weighted by molar-refractivity contribution is 0.242. The normalized spacial score (nSPS) is 10.4. The maximum absolute atomic E-state index is 5.59. The van der Waals surface area contributed by atoms with Gasteiger partial charge in [-0.2, -0.15) is 4.98 Å². The van der Waals surface area contributed by atoms with Gasteiger partial charge in [0.2, 0.25) is 11.8 Å². The van der Waals surface area contributed by atoms with Gasteiger partial charge in [-0.05, 0) is 54.0 Å². The average molecular weight is 338 g/mol. The number of halogens is 1. The second-order valence-corrected chi connectivity index (χ2v) is 5.22. The summed E-state index contributed by atoms with van der Waals surface area (Å²) < 4.78 is 11.4. The molecule has 0 radical (unpaired) electrons. The second kappa shape index (κ2) is 6.56. The molecular weight excluding hydrogens is 322 g/mol. The molecule has 0 unspecified atom stereocenters. The highest BCUT2D eigenvalue weighted by Crippen LogP contribution is 2.24. The summed E-state index contributed by atoms with van der Waals surface area (Å²) in [5.41, 5.74) is 0.880. The Kier molecular flexibility index (Phi) is 4.79. The van der Waals surface area contributed by atoms with Gasteiger partial charge in [0.05, 0.1) is 23.9 Å². The Bertz CT molecular complexity index is 573. The van der Waals surface area contributed by atoms with Crippen LogP contribution in [0, 0.1) is 0 Å². The minimum atomic E-state index is 0.160. The van der Waals surface area contributed by atoms with Crippen LogP contribution in [-0.4, -0.2) is 23.2 Å². The number of anilines is 2. The highest BCUT2D eigenvalue weighted by molar-refractivity contribution is 9.10. The largest absolute Gasteiger partial charge is 0.491 e. The zero-order valence-corrected chi connectivity index (χ0v) is 13.1. The Labute approximate surface area is 126 Å². The molecule has 0 amide bonds. The van der Waals surface area contributed by atoms with E-state index in [0.717, 1.165) is 11.4 Å². The van der Waals surface area contributed by atoms with Gasteiger partial charge in [0.25, 0.3) is 0 Å². The topological polar surface area (TPSA) is 56.3 Å². The van der Waals surface area contributed by atoms with Crippen molar-refractivity contribution in [1.82, 2.24) is 9.97 Å². The molecule has 0 spiro atoms. The smallest absolute Gasteiger partial charge is 0.232 e. The van der Waals surface area contributed by atoms with Gasteiger partial charge >= 0.3 is 0 Å². The van der Waals surface area contributed by atoms with Crippen LogP contribution < -0.4 is 14.8 Å². The van der Waals surface area contributed by atoms with Crippen molar-refractivity contribution in [2.45, 2.75) is 20.0 Å². The van der Waals surface area contributed by atoms with Crippen molar-refractivity contribution in [1.29, 1.82) is 0 Å². The van der Waals surface area contributed by atoms with Gasteiger partial charge < -0.3 is 14.8 Å². The highest BCUT2D eigenvalue weighted by atomic mass is 79.9. The molecule has 0 saturated heterocycles. The second-order valence-electron chi connectivity index (χ2n) is 4.37. The molecule has 1 N–H and O–H groups in total. The number of hydrogen-bond acceptors (Lipinski definition) is 5. The third-order valence-corrected chi connectivity index (χ3v) is 2.93. The molecule has 20 heavy (non-hydrogen) atoms. The van der Waals surface area contributed by atoms with E-state index in [1.165, 1.54) is 0 Å². The Morgan fingerprint density at radius 2 is 1.90 bits per heavy atom. The lowest BCUT2D eigenvalue weighted by Gasteiger charge is -2.11. The van der Waals surface area contributed by atoms with Crippen LogP contribution in [0.4, 0.5) is 11.6 Å². The van der Waals surface area contributed by atoms with E-state index in [0.29, 0.717) is 16.3 Å². The molecule has 0 atom stereocenters. The zero-order valence-electron chi connectivity index (χ0n) is 11.6. The summed E-state index contributed by atoms with van der Waals surface area (Å²) in [6, 6.07) is 7.63. The summed E-state index contributed by atoms with van der Waals surface area (Å²) in [5.74, 6) is 1.80. The summed E-state index contributed by atoms with van der Waals surface area (Å²) in [4.78, 5) is 8.41. The minimum Gasteiger partial charge on any atom is -0.491 e. The third-order valence-electron chi connectivity index (χ3n) is 2.39. The average Bonchev–Trinajstić information content (AvgIpc) is 2.42. The first-order chi connectivity index (χ1) is 9.58. The Morgan fingerprint density at radius 1 is 1.20 bits per heavy atom. The van der Waals surface area contributed by atoms with Crippen LogP contribution in [0.2, 0.25) is 0 Å². The first-order valence-corrected chi connectivity index (χ1v) is 6.98. The van der Waals surface area contributed by atoms with E-state index in [2.05, 4.69) is 31.2 Å². The fourth-order valence-corrected chi connectivity index (χ4v) is 1.93. The fourth-order valence-electron chi connectivity index (χ4n) is 1.57. The molecule has 1 heterocycles. The standard InChI is InChI=1S/C14H16BrN3O2/c1-9(2)20-11-6-4-10(5-7-11)17-14-16-8-12(15)13(18-14)19-3/h4-9H,1-3H3,(H,16,17,18). The molecule has 0 bridgehead atoms. The van der Waals surface area contributed by atoms with Crippen LogP contribution in [0.3, 0.4) is 0 Å². The molecular formula is C14H16BrN3O2. The molecule has 6 heteroatoms. The van der Waals surface area contributed by atoms with Crippen LogP contribution in [0.25, 0.3) is 0 Å². The summed E-state index contributed by atoms with van der Waals surface area (Å²) in [6.45, 7) is 3.99. The summed E-state index contributed by atoms with van der Waals surface area (Å²) in [5, 5.41) is 3.11. The maximum atomic E-state index is 5.59. The van der Waals surface area contributed by atoms with Gasteiger partial charge in [-0.1, -0.05) is 0 Å². The Balaban J connectivity index is 2.10. The summed E-state index contributed by atoms with van der Waals surface area (Å²) >= 11 is 3.31. The molecule has 1 aromatic carbocycles. The molecule has 0 aliphatic rings. The van der Waals surface area contributed by atoms with Gasteiger partial charge in [-0.25, -0.2) is 4.98 Å². The highest BCUT2D eigenvalue weighted by Gasteiger charge is 2.05. The lowest BCUT2D eigenvalue weighted by atomic mass is 10.3. The third kappa shape index (κ3) is 3.84. The summed E-state index contributed by atoms with van der Waals surface area (Å²) in [7, 11) is 1.56. The van der Waals surface area contributed by atoms with Gasteiger partial charge in [-0.3, -0.25) is 0 Å². The van der Waals surface area contributed by atoms with Crippen molar-refractivity contribution >= 4 is 27.6 Å². The predicted molar refractivity (Wildman–Crippen MR) is 81.8 cm³/mol. The Hall–Kier alpha value is -1.82. The van der Waals surface area contributed by atoms with Gasteiger partial charge in [-0.15, -0.1) is 0 Å². The van der Waals surface area contributed by atoms with Gasteiger partial charge in [0, 0.05) is 5.69 Å². The van der Waals surface area contributed by atoms with Crippen molar-refractivity contribution in [3.63, 3.8) is 0 Å². The van der Waals surface area contributed by atoms with E-state index in [4.69, 9.17) is 9.47 Å². The number of ether oxygens (including phenoxy) is 2. The lowest BCUT2D eigenvalue weighted by Crippen LogP contribution is -2.05. The van der Waals surface area contributed by atoms with Crippen LogP contribution in [0.1, 0.15) is 13.8 Å². The first kappa shape index (κ1) is 14.6. The summed E-state index contributed by atoms with van der Waals surface area (Å²) in [6.07, 6.45) is 1.80. The number of nitrogens with one attached hydrogen (secondary N) is 1. The predicted octanol–water partition coefficient (Wildman–Crippen LogP) is 3.78. The van der Waals surface area contributed by atoms with Crippen molar-refractivity contribution in [2.75, 3.05) is 12.4 Å². The molecule has 106 valence electrons. The number of methoxy groups -OCH3 is 1. The van der Waals surface area contributed by atoms with E-state index in [1.54, 1.807) is 13.3 Å². The molecule has 0 aliphatic carbocycles. The molecule has 0 saturated carbocycles. The van der Waals surface area contributed by atoms with E-state index in [1.807, 2.05) is 38.1 Å². The van der Waals surface area contributed by atoms with Crippen molar-refractivity contribution < 1.29 is 9.47 Å². The molecule has 0 aliphatic heterocycles. The van der Waals surface area contributed by atoms with Gasteiger partial charge in [0.1, 0.15) is 5.75 Å². The van der Waals surface area contributed by atoms with Crippen LogP contribution in [0.5, 0.6) is 11.6 Å². The van der Waals surface area contributed by atoms with Crippen LogP contribution in [0.15, 0.2) is 34.9 Å². The van der Waals surface area contributed by atoms with Crippen molar-refractivity contribution in [3.05, 3.63) is 34.9 Å². The number of aromatic nitrogens is 2. The van der Waals surface area contributed by atoms with E-state index < -0.39 is 0 Å². The Morgan fingerprint density at radius 3 is 2.50 bits per heavy atom. The fraction of sp³-hybridized carbons (Fsp3) is 0.286. The molecule has 0 fully saturated rings. The van der Waals surface area contributed by atoms with Gasteiger partial charge in [0.15, 0.2) is 0 Å². The quantitative estimate of drug-likeness (QED) is 0.899.